The van der Waals surface area contributed by atoms with Crippen molar-refractivity contribution in [1.82, 2.24) is 25.3 Å². The number of hydrogen-bond donors (Lipinski definition) is 6. The van der Waals surface area contributed by atoms with Crippen LogP contribution in [-0.2, 0) is 16.1 Å². The van der Waals surface area contributed by atoms with E-state index in [0.29, 0.717) is 11.4 Å². The number of nitrogens with one attached hydrogen (secondary N) is 2. The lowest BCUT2D eigenvalue weighted by molar-refractivity contribution is -0.120. The summed E-state index contributed by atoms with van der Waals surface area (Å²) in [5, 5.41) is 5.73. The molecule has 0 aliphatic carbocycles. The minimum atomic E-state index is -1.09. The number of aromatic nitrogens is 4. The molecule has 2 aromatic heterocycles. The predicted molar refractivity (Wildman–Crippen MR) is 127 cm³/mol. The van der Waals surface area contributed by atoms with Gasteiger partial charge in [0.05, 0.1) is 34.2 Å². The monoisotopic (exact) mass is 506 g/mol. The summed E-state index contributed by atoms with van der Waals surface area (Å²) >= 11 is 12.6. The van der Waals surface area contributed by atoms with Crippen LogP contribution in [0, 0.1) is 0 Å². The molecule has 0 saturated carbocycles. The van der Waals surface area contributed by atoms with Gasteiger partial charge in [0.1, 0.15) is 6.04 Å². The SMILES string of the molecule is NC(=O)CCC(NC(=O)c1cc(Cl)c(NCc2cnc3nc(N)nc(N)c3n2)c(Cl)c1)C(N)=O. The van der Waals surface area contributed by atoms with E-state index in [1.807, 2.05) is 0 Å². The molecule has 0 fully saturated rings. The van der Waals surface area contributed by atoms with Crippen LogP contribution >= 0.6 is 23.2 Å². The summed E-state index contributed by atoms with van der Waals surface area (Å²) in [6.07, 6.45) is 1.31. The van der Waals surface area contributed by atoms with E-state index >= 15 is 0 Å². The van der Waals surface area contributed by atoms with Crippen LogP contribution in [-0.4, -0.2) is 43.7 Å². The summed E-state index contributed by atoms with van der Waals surface area (Å²) in [5.41, 5.74) is 23.2. The minimum Gasteiger partial charge on any atom is -0.382 e. The van der Waals surface area contributed by atoms with Crippen LogP contribution in [0.2, 0.25) is 10.0 Å². The molecule has 10 N–H and O–H groups in total. The van der Waals surface area contributed by atoms with Crippen LogP contribution in [0.3, 0.4) is 0 Å². The molecule has 0 aliphatic rings. The number of fused-ring (bicyclic) bond motifs is 1. The molecule has 0 aliphatic heterocycles. The van der Waals surface area contributed by atoms with Crippen LogP contribution < -0.4 is 33.6 Å². The van der Waals surface area contributed by atoms with Crippen molar-refractivity contribution in [2.24, 2.45) is 11.5 Å². The molecule has 0 radical (unpaired) electrons. The average Bonchev–Trinajstić information content (AvgIpc) is 2.75. The average molecular weight is 507 g/mol. The van der Waals surface area contributed by atoms with Gasteiger partial charge in [0.2, 0.25) is 17.8 Å². The lowest BCUT2D eigenvalue weighted by atomic mass is 10.1. The highest BCUT2D eigenvalue weighted by Crippen LogP contribution is 2.32. The number of benzene rings is 1. The van der Waals surface area contributed by atoms with E-state index < -0.39 is 23.8 Å². The van der Waals surface area contributed by atoms with Crippen LogP contribution in [0.15, 0.2) is 18.3 Å². The Labute approximate surface area is 202 Å². The van der Waals surface area contributed by atoms with Gasteiger partial charge in [-0.1, -0.05) is 23.2 Å². The summed E-state index contributed by atoms with van der Waals surface area (Å²) in [6.45, 7) is 0.161. The fraction of sp³-hybridized carbons (Fsp3) is 0.211. The van der Waals surface area contributed by atoms with Gasteiger partial charge in [0.25, 0.3) is 5.91 Å². The molecule has 178 valence electrons. The number of hydrogen-bond acceptors (Lipinski definition) is 10. The van der Waals surface area contributed by atoms with E-state index in [9.17, 15) is 14.4 Å². The molecule has 0 bridgehead atoms. The van der Waals surface area contributed by atoms with Gasteiger partial charge < -0.3 is 33.6 Å². The minimum absolute atomic E-state index is 0.0112. The van der Waals surface area contributed by atoms with Gasteiger partial charge in [0.15, 0.2) is 17.0 Å². The molecule has 15 heteroatoms. The lowest BCUT2D eigenvalue weighted by Crippen LogP contribution is -2.44. The molecule has 0 saturated heterocycles. The summed E-state index contributed by atoms with van der Waals surface area (Å²) in [7, 11) is 0. The maximum Gasteiger partial charge on any atom is 0.252 e. The Bertz CT molecular complexity index is 1260. The molecule has 13 nitrogen and oxygen atoms in total. The Balaban J connectivity index is 1.74. The molecule has 1 aromatic carbocycles. The fourth-order valence-corrected chi connectivity index (χ4v) is 3.55. The first-order valence-electron chi connectivity index (χ1n) is 9.71. The molecular formula is C19H20Cl2N10O3. The summed E-state index contributed by atoms with van der Waals surface area (Å²) < 4.78 is 0. The Hall–Kier alpha value is -3.97. The van der Waals surface area contributed by atoms with Crippen molar-refractivity contribution in [3.63, 3.8) is 0 Å². The fourth-order valence-electron chi connectivity index (χ4n) is 2.93. The van der Waals surface area contributed by atoms with Gasteiger partial charge in [-0.05, 0) is 18.6 Å². The lowest BCUT2D eigenvalue weighted by Gasteiger charge is -2.16. The molecule has 3 rings (SSSR count). The first-order chi connectivity index (χ1) is 16.0. The van der Waals surface area contributed by atoms with E-state index in [4.69, 9.17) is 46.1 Å². The van der Waals surface area contributed by atoms with Gasteiger partial charge in [-0.15, -0.1) is 0 Å². The second-order valence-corrected chi connectivity index (χ2v) is 7.92. The van der Waals surface area contributed by atoms with Gasteiger partial charge in [-0.25, -0.2) is 9.97 Å². The molecule has 34 heavy (non-hydrogen) atoms. The highest BCUT2D eigenvalue weighted by atomic mass is 35.5. The zero-order chi connectivity index (χ0) is 25.0. The van der Waals surface area contributed by atoms with Crippen molar-refractivity contribution < 1.29 is 14.4 Å². The van der Waals surface area contributed by atoms with E-state index in [-0.39, 0.29) is 57.9 Å². The number of nitrogens with zero attached hydrogens (tertiary/aromatic N) is 4. The van der Waals surface area contributed by atoms with Crippen molar-refractivity contribution in [3.05, 3.63) is 39.6 Å². The Morgan fingerprint density at radius 1 is 1.03 bits per heavy atom. The maximum absolute atomic E-state index is 12.6. The van der Waals surface area contributed by atoms with Crippen molar-refractivity contribution in [2.45, 2.75) is 25.4 Å². The first kappa shape index (κ1) is 24.7. The number of carbonyl (C=O) groups is 3. The number of rotatable bonds is 9. The zero-order valence-corrected chi connectivity index (χ0v) is 19.0. The van der Waals surface area contributed by atoms with E-state index in [1.165, 1.54) is 18.3 Å². The molecule has 1 atom stereocenters. The van der Waals surface area contributed by atoms with Crippen molar-refractivity contribution in [1.29, 1.82) is 0 Å². The Morgan fingerprint density at radius 2 is 1.71 bits per heavy atom. The van der Waals surface area contributed by atoms with E-state index in [0.717, 1.165) is 0 Å². The zero-order valence-electron chi connectivity index (χ0n) is 17.5. The molecule has 3 aromatic rings. The standard InChI is InChI=1S/C19H20Cl2N10O3/c20-9-3-7(18(34)29-11(16(24)33)1-2-12(22)32)4-10(21)13(9)26-5-8-6-27-17-14(28-8)15(23)30-19(25)31-17/h3-4,6,11,26H,1-2,5H2,(H2,22,32)(H2,24,33)(H,29,34)(H4,23,25,27,30,31). The van der Waals surface area contributed by atoms with Crippen LogP contribution in [0.1, 0.15) is 28.9 Å². The largest absolute Gasteiger partial charge is 0.382 e. The number of nitrogen functional groups attached to an aromatic ring is 2. The Kier molecular flexibility index (Phi) is 7.48. The second kappa shape index (κ2) is 10.3. The third-order valence-corrected chi connectivity index (χ3v) is 5.18. The highest BCUT2D eigenvalue weighted by Gasteiger charge is 2.21. The van der Waals surface area contributed by atoms with Gasteiger partial charge in [-0.3, -0.25) is 14.4 Å². The predicted octanol–water partition coefficient (Wildman–Crippen LogP) is 0.352. The number of primary amides is 2. The number of carbonyl (C=O) groups excluding carboxylic acids is 3. The van der Waals surface area contributed by atoms with E-state index in [1.54, 1.807) is 0 Å². The highest BCUT2D eigenvalue weighted by molar-refractivity contribution is 6.39. The van der Waals surface area contributed by atoms with Crippen molar-refractivity contribution in [3.8, 4) is 0 Å². The maximum atomic E-state index is 12.6. The third kappa shape index (κ3) is 5.88. The van der Waals surface area contributed by atoms with Crippen molar-refractivity contribution in [2.75, 3.05) is 16.8 Å². The summed E-state index contributed by atoms with van der Waals surface area (Å²) in [6, 6.07) is 1.63. The van der Waals surface area contributed by atoms with Gasteiger partial charge in [0, 0.05) is 12.0 Å². The van der Waals surface area contributed by atoms with Crippen LogP contribution in [0.4, 0.5) is 17.5 Å². The molecule has 2 heterocycles. The summed E-state index contributed by atoms with van der Waals surface area (Å²) in [5.74, 6) is -2.01. The van der Waals surface area contributed by atoms with Gasteiger partial charge in [-0.2, -0.15) is 9.97 Å². The number of amides is 3. The topological polar surface area (TPSA) is 231 Å². The second-order valence-electron chi connectivity index (χ2n) is 7.10. The molecule has 3 amide bonds. The third-order valence-electron chi connectivity index (χ3n) is 4.58. The Morgan fingerprint density at radius 3 is 2.32 bits per heavy atom. The number of anilines is 3. The normalized spacial score (nSPS) is 11.7. The first-order valence-corrected chi connectivity index (χ1v) is 10.5. The van der Waals surface area contributed by atoms with Crippen LogP contribution in [0.5, 0.6) is 0 Å². The molecule has 1 unspecified atom stereocenters. The smallest absolute Gasteiger partial charge is 0.252 e. The number of halogens is 2. The molecular weight excluding hydrogens is 487 g/mol. The quantitative estimate of drug-likeness (QED) is 0.233. The molecule has 0 spiro atoms. The van der Waals surface area contributed by atoms with E-state index in [2.05, 4.69) is 30.6 Å². The van der Waals surface area contributed by atoms with Crippen LogP contribution in [0.25, 0.3) is 11.2 Å². The summed E-state index contributed by atoms with van der Waals surface area (Å²) in [4.78, 5) is 51.4. The van der Waals surface area contributed by atoms with Gasteiger partial charge >= 0.3 is 0 Å². The number of nitrogens with two attached hydrogens (primary N) is 4. The van der Waals surface area contributed by atoms with Crippen molar-refractivity contribution >= 4 is 69.5 Å².